The molecule has 0 bridgehead atoms. The SMILES string of the molecule is O=C1c2c(OCc3ccccc3)c(=O)nc(C(c3ccccc3)C3CCCC3)n2CCN1C1CCOCC1. The molecule has 6 rings (SSSR count). The summed E-state index contributed by atoms with van der Waals surface area (Å²) in [7, 11) is 0. The highest BCUT2D eigenvalue weighted by Crippen LogP contribution is 2.42. The van der Waals surface area contributed by atoms with E-state index in [1.54, 1.807) is 0 Å². The van der Waals surface area contributed by atoms with Crippen molar-refractivity contribution in [1.82, 2.24) is 14.5 Å². The van der Waals surface area contributed by atoms with Gasteiger partial charge < -0.3 is 18.9 Å². The Bertz CT molecular complexity index is 1310. The Morgan fingerprint density at radius 1 is 0.895 bits per heavy atom. The summed E-state index contributed by atoms with van der Waals surface area (Å²) in [4.78, 5) is 34.4. The molecule has 1 unspecified atom stereocenters. The zero-order valence-corrected chi connectivity index (χ0v) is 21.8. The molecule has 1 aromatic heterocycles. The number of benzene rings is 2. The van der Waals surface area contributed by atoms with Gasteiger partial charge >= 0.3 is 5.56 Å². The van der Waals surface area contributed by atoms with Gasteiger partial charge in [-0.05, 0) is 42.7 Å². The molecule has 2 fully saturated rings. The number of fused-ring (bicyclic) bond motifs is 1. The number of rotatable bonds is 7. The second kappa shape index (κ2) is 11.1. The molecule has 1 aliphatic carbocycles. The first kappa shape index (κ1) is 24.9. The molecule has 3 aromatic rings. The van der Waals surface area contributed by atoms with Gasteiger partial charge in [0.15, 0.2) is 5.69 Å². The summed E-state index contributed by atoms with van der Waals surface area (Å²) in [6.45, 7) is 2.70. The fourth-order valence-corrected chi connectivity index (χ4v) is 6.46. The number of hydrogen-bond donors (Lipinski definition) is 0. The summed E-state index contributed by atoms with van der Waals surface area (Å²) in [6.07, 6.45) is 6.17. The Hall–Kier alpha value is -3.45. The van der Waals surface area contributed by atoms with Crippen LogP contribution in [0.2, 0.25) is 0 Å². The van der Waals surface area contributed by atoms with E-state index in [-0.39, 0.29) is 30.2 Å². The first-order valence-corrected chi connectivity index (χ1v) is 14.0. The van der Waals surface area contributed by atoms with Gasteiger partial charge in [0.2, 0.25) is 5.75 Å². The van der Waals surface area contributed by atoms with Crippen LogP contribution in [-0.2, 0) is 17.9 Å². The minimum Gasteiger partial charge on any atom is -0.481 e. The van der Waals surface area contributed by atoms with Crippen LogP contribution in [0.5, 0.6) is 5.75 Å². The fourth-order valence-electron chi connectivity index (χ4n) is 6.46. The van der Waals surface area contributed by atoms with Crippen molar-refractivity contribution in [1.29, 1.82) is 0 Å². The molecule has 0 N–H and O–H groups in total. The second-order valence-electron chi connectivity index (χ2n) is 10.7. The van der Waals surface area contributed by atoms with E-state index in [0.717, 1.165) is 36.8 Å². The smallest absolute Gasteiger partial charge is 0.316 e. The Morgan fingerprint density at radius 2 is 1.58 bits per heavy atom. The minimum atomic E-state index is -0.455. The van der Waals surface area contributed by atoms with E-state index >= 15 is 0 Å². The second-order valence-corrected chi connectivity index (χ2v) is 10.7. The molecule has 3 aliphatic rings. The molecule has 1 saturated heterocycles. The quantitative estimate of drug-likeness (QED) is 0.455. The highest BCUT2D eigenvalue weighted by Gasteiger charge is 2.39. The predicted octanol–water partition coefficient (Wildman–Crippen LogP) is 4.78. The van der Waals surface area contributed by atoms with E-state index in [0.29, 0.717) is 43.7 Å². The molecule has 1 atom stereocenters. The van der Waals surface area contributed by atoms with Crippen LogP contribution in [0.1, 0.15) is 71.9 Å². The molecule has 2 aliphatic heterocycles. The van der Waals surface area contributed by atoms with Crippen molar-refractivity contribution < 1.29 is 14.3 Å². The Morgan fingerprint density at radius 3 is 2.29 bits per heavy atom. The summed E-state index contributed by atoms with van der Waals surface area (Å²) in [5.41, 5.74) is 1.99. The lowest BCUT2D eigenvalue weighted by Crippen LogP contribution is -2.50. The van der Waals surface area contributed by atoms with E-state index in [1.807, 2.05) is 58.0 Å². The van der Waals surface area contributed by atoms with Gasteiger partial charge in [0, 0.05) is 38.3 Å². The van der Waals surface area contributed by atoms with Crippen LogP contribution >= 0.6 is 0 Å². The number of amides is 1. The fraction of sp³-hybridized carbons (Fsp3) is 0.452. The van der Waals surface area contributed by atoms with E-state index in [1.165, 1.54) is 12.8 Å². The maximum Gasteiger partial charge on any atom is 0.316 e. The highest BCUT2D eigenvalue weighted by molar-refractivity contribution is 5.96. The first-order valence-electron chi connectivity index (χ1n) is 14.0. The van der Waals surface area contributed by atoms with Crippen LogP contribution in [0.3, 0.4) is 0 Å². The van der Waals surface area contributed by atoms with Gasteiger partial charge in [-0.1, -0.05) is 73.5 Å². The molecule has 1 saturated carbocycles. The number of hydrogen-bond acceptors (Lipinski definition) is 5. The molecular weight excluding hydrogens is 478 g/mol. The highest BCUT2D eigenvalue weighted by atomic mass is 16.5. The van der Waals surface area contributed by atoms with E-state index in [4.69, 9.17) is 9.47 Å². The monoisotopic (exact) mass is 513 g/mol. The zero-order chi connectivity index (χ0) is 25.9. The van der Waals surface area contributed by atoms with Crippen molar-refractivity contribution in [2.24, 2.45) is 5.92 Å². The van der Waals surface area contributed by atoms with Gasteiger partial charge in [-0.3, -0.25) is 9.59 Å². The van der Waals surface area contributed by atoms with Gasteiger partial charge in [0.25, 0.3) is 5.91 Å². The van der Waals surface area contributed by atoms with Crippen molar-refractivity contribution in [2.75, 3.05) is 19.8 Å². The van der Waals surface area contributed by atoms with Gasteiger partial charge in [0.1, 0.15) is 12.4 Å². The standard InChI is InChI=1S/C31H35N3O4/c35-30-28(38-21-22-9-3-1-4-10-22)27-31(36)33(25-15-19-37-20-16-25)17-18-34(27)29(32-30)26(24-13-7-8-14-24)23-11-5-2-6-12-23/h1-6,9-12,24-26H,7-8,13-21H2. The summed E-state index contributed by atoms with van der Waals surface area (Å²) in [5, 5.41) is 0. The average Bonchev–Trinajstić information content (AvgIpc) is 3.49. The largest absolute Gasteiger partial charge is 0.481 e. The number of ether oxygens (including phenoxy) is 2. The molecule has 7 nitrogen and oxygen atoms in total. The Kier molecular flexibility index (Phi) is 7.27. The third-order valence-electron chi connectivity index (χ3n) is 8.37. The van der Waals surface area contributed by atoms with Crippen molar-refractivity contribution >= 4 is 5.91 Å². The number of carbonyl (C=O) groups excluding carboxylic acids is 1. The summed E-state index contributed by atoms with van der Waals surface area (Å²) in [6, 6.07) is 20.2. The lowest BCUT2D eigenvalue weighted by atomic mass is 9.83. The van der Waals surface area contributed by atoms with Gasteiger partial charge in [-0.15, -0.1) is 0 Å². The van der Waals surface area contributed by atoms with E-state index < -0.39 is 5.56 Å². The third kappa shape index (κ3) is 4.87. The Labute approximate surface area is 223 Å². The number of carbonyl (C=O) groups is 1. The number of aromatic nitrogens is 2. The van der Waals surface area contributed by atoms with Crippen LogP contribution in [0.25, 0.3) is 0 Å². The van der Waals surface area contributed by atoms with Crippen molar-refractivity contribution in [3.63, 3.8) is 0 Å². The van der Waals surface area contributed by atoms with E-state index in [2.05, 4.69) is 17.1 Å². The molecular formula is C31H35N3O4. The average molecular weight is 514 g/mol. The van der Waals surface area contributed by atoms with Crippen LogP contribution < -0.4 is 10.3 Å². The molecule has 3 heterocycles. The topological polar surface area (TPSA) is 73.7 Å². The van der Waals surface area contributed by atoms with Gasteiger partial charge in [-0.2, -0.15) is 4.98 Å². The molecule has 198 valence electrons. The molecule has 38 heavy (non-hydrogen) atoms. The van der Waals surface area contributed by atoms with E-state index in [9.17, 15) is 9.59 Å². The lowest BCUT2D eigenvalue weighted by molar-refractivity contribution is 0.0232. The van der Waals surface area contributed by atoms with Gasteiger partial charge in [-0.25, -0.2) is 0 Å². The first-order chi connectivity index (χ1) is 18.7. The maximum atomic E-state index is 14.2. The predicted molar refractivity (Wildman–Crippen MR) is 144 cm³/mol. The minimum absolute atomic E-state index is 0.0317. The summed E-state index contributed by atoms with van der Waals surface area (Å²) < 4.78 is 13.7. The van der Waals surface area contributed by atoms with Crippen LogP contribution in [0, 0.1) is 5.92 Å². The summed E-state index contributed by atoms with van der Waals surface area (Å²) in [5.74, 6) is 0.995. The van der Waals surface area contributed by atoms with Crippen LogP contribution in [-0.4, -0.2) is 46.2 Å². The van der Waals surface area contributed by atoms with Crippen molar-refractivity contribution in [3.05, 3.63) is 93.7 Å². The van der Waals surface area contributed by atoms with Crippen LogP contribution in [0.15, 0.2) is 65.5 Å². The Balaban J connectivity index is 1.46. The molecule has 7 heteroatoms. The molecule has 2 aromatic carbocycles. The molecule has 0 spiro atoms. The molecule has 1 amide bonds. The van der Waals surface area contributed by atoms with Gasteiger partial charge in [0.05, 0.1) is 0 Å². The van der Waals surface area contributed by atoms with Crippen molar-refractivity contribution in [2.45, 2.75) is 63.6 Å². The van der Waals surface area contributed by atoms with Crippen molar-refractivity contribution in [3.8, 4) is 5.75 Å². The zero-order valence-electron chi connectivity index (χ0n) is 21.8. The van der Waals surface area contributed by atoms with Crippen LogP contribution in [0.4, 0.5) is 0 Å². The normalized spacial score (nSPS) is 19.4. The maximum absolute atomic E-state index is 14.2. The number of nitrogens with zero attached hydrogens (tertiary/aromatic N) is 3. The lowest BCUT2D eigenvalue weighted by Gasteiger charge is -2.39. The molecule has 0 radical (unpaired) electrons. The third-order valence-corrected chi connectivity index (χ3v) is 8.37. The summed E-state index contributed by atoms with van der Waals surface area (Å²) >= 11 is 0.